The molecule has 7 heteroatoms. The molecule has 0 aliphatic carbocycles. The second-order valence-corrected chi connectivity index (χ2v) is 6.10. The third-order valence-electron chi connectivity index (χ3n) is 4.15. The molecule has 132 valence electrons. The van der Waals surface area contributed by atoms with E-state index in [0.29, 0.717) is 13.1 Å². The van der Waals surface area contributed by atoms with Crippen molar-refractivity contribution in [3.63, 3.8) is 0 Å². The Morgan fingerprint density at radius 3 is 2.92 bits per heavy atom. The number of hydrogen-bond acceptors (Lipinski definition) is 5. The fraction of sp³-hybridized carbons (Fsp3) is 0.647. The van der Waals surface area contributed by atoms with Crippen LogP contribution in [-0.2, 0) is 9.53 Å². The van der Waals surface area contributed by atoms with E-state index < -0.39 is 0 Å². The van der Waals surface area contributed by atoms with Gasteiger partial charge in [-0.1, -0.05) is 6.92 Å². The predicted octanol–water partition coefficient (Wildman–Crippen LogP) is 1.40. The first kappa shape index (κ1) is 18.3. The average Bonchev–Trinajstić information content (AvgIpc) is 3.11. The number of carbonyl (C=O) groups is 2. The molecule has 7 nitrogen and oxygen atoms in total. The number of nitrogens with one attached hydrogen (secondary N) is 1. The Kier molecular flexibility index (Phi) is 7.11. The summed E-state index contributed by atoms with van der Waals surface area (Å²) in [6, 6.07) is 0.139. The molecular weight excluding hydrogens is 308 g/mol. The zero-order chi connectivity index (χ0) is 17.4. The zero-order valence-corrected chi connectivity index (χ0v) is 14.4. The maximum Gasteiger partial charge on any atom is 0.274 e. The van der Waals surface area contributed by atoms with Crippen molar-refractivity contribution in [3.05, 3.63) is 24.3 Å². The minimum Gasteiger partial charge on any atom is -0.376 e. The molecule has 1 aliphatic heterocycles. The Hall–Kier alpha value is -2.02. The van der Waals surface area contributed by atoms with Crippen LogP contribution in [0, 0.1) is 0 Å². The van der Waals surface area contributed by atoms with E-state index in [-0.39, 0.29) is 36.1 Å². The Bertz CT molecular complexity index is 532. The normalized spacial score (nSPS) is 18.2. The summed E-state index contributed by atoms with van der Waals surface area (Å²) in [4.78, 5) is 34.3. The molecule has 0 saturated carbocycles. The van der Waals surface area contributed by atoms with Crippen LogP contribution in [0.15, 0.2) is 18.6 Å². The highest BCUT2D eigenvalue weighted by Gasteiger charge is 2.24. The topological polar surface area (TPSA) is 84.4 Å². The molecule has 1 aromatic rings. The van der Waals surface area contributed by atoms with Gasteiger partial charge in [0.15, 0.2) is 0 Å². The molecule has 2 heterocycles. The Morgan fingerprint density at radius 1 is 1.46 bits per heavy atom. The van der Waals surface area contributed by atoms with Crippen molar-refractivity contribution in [2.75, 3.05) is 19.7 Å². The van der Waals surface area contributed by atoms with E-state index in [1.807, 2.05) is 13.8 Å². The summed E-state index contributed by atoms with van der Waals surface area (Å²) in [7, 11) is 0. The molecule has 1 aromatic heterocycles. The molecule has 0 spiro atoms. The van der Waals surface area contributed by atoms with Crippen LogP contribution in [0.3, 0.4) is 0 Å². The number of hydrogen-bond donors (Lipinski definition) is 1. The highest BCUT2D eigenvalue weighted by atomic mass is 16.5. The lowest BCUT2D eigenvalue weighted by molar-refractivity contribution is -0.122. The van der Waals surface area contributed by atoms with Crippen LogP contribution in [0.5, 0.6) is 0 Å². The first-order chi connectivity index (χ1) is 11.6. The lowest BCUT2D eigenvalue weighted by atomic mass is 10.2. The molecule has 0 bridgehead atoms. The smallest absolute Gasteiger partial charge is 0.274 e. The standard InChI is InChI=1S/C17H26N4O3/c1-3-13(2)20-16(22)6-9-21(12-14-5-4-10-24-14)17(23)15-11-18-7-8-19-15/h7-8,11,13-14H,3-6,9-10,12H2,1-2H3,(H,20,22). The van der Waals surface area contributed by atoms with Gasteiger partial charge in [0.25, 0.3) is 5.91 Å². The molecule has 1 fully saturated rings. The summed E-state index contributed by atoms with van der Waals surface area (Å²) in [6.45, 7) is 5.54. The van der Waals surface area contributed by atoms with Gasteiger partial charge in [-0.15, -0.1) is 0 Å². The number of carbonyl (C=O) groups excluding carboxylic acids is 2. The van der Waals surface area contributed by atoms with Gasteiger partial charge in [0.2, 0.25) is 5.91 Å². The van der Waals surface area contributed by atoms with Gasteiger partial charge in [-0.25, -0.2) is 4.98 Å². The summed E-state index contributed by atoms with van der Waals surface area (Å²) in [5.74, 6) is -0.261. The van der Waals surface area contributed by atoms with E-state index in [4.69, 9.17) is 4.74 Å². The van der Waals surface area contributed by atoms with E-state index in [2.05, 4.69) is 15.3 Å². The van der Waals surface area contributed by atoms with Crippen molar-refractivity contribution < 1.29 is 14.3 Å². The monoisotopic (exact) mass is 334 g/mol. The zero-order valence-electron chi connectivity index (χ0n) is 14.4. The van der Waals surface area contributed by atoms with Crippen LogP contribution in [0.1, 0.15) is 50.0 Å². The Labute approximate surface area is 142 Å². The molecule has 24 heavy (non-hydrogen) atoms. The van der Waals surface area contributed by atoms with Crippen LogP contribution in [0.2, 0.25) is 0 Å². The summed E-state index contributed by atoms with van der Waals surface area (Å²) in [5, 5.41) is 2.92. The third kappa shape index (κ3) is 5.56. The molecule has 2 atom stereocenters. The summed E-state index contributed by atoms with van der Waals surface area (Å²) < 4.78 is 5.63. The molecule has 2 rings (SSSR count). The minimum absolute atomic E-state index is 0.0308. The molecule has 1 N–H and O–H groups in total. The summed E-state index contributed by atoms with van der Waals surface area (Å²) in [5.41, 5.74) is 0.290. The third-order valence-corrected chi connectivity index (χ3v) is 4.15. The highest BCUT2D eigenvalue weighted by molar-refractivity contribution is 5.92. The minimum atomic E-state index is -0.213. The van der Waals surface area contributed by atoms with Gasteiger partial charge in [0.1, 0.15) is 5.69 Å². The number of nitrogens with zero attached hydrogens (tertiary/aromatic N) is 3. The van der Waals surface area contributed by atoms with Crippen molar-refractivity contribution >= 4 is 11.8 Å². The van der Waals surface area contributed by atoms with E-state index >= 15 is 0 Å². The van der Waals surface area contributed by atoms with E-state index in [1.165, 1.54) is 18.6 Å². The highest BCUT2D eigenvalue weighted by Crippen LogP contribution is 2.15. The average molecular weight is 334 g/mol. The van der Waals surface area contributed by atoms with Crippen LogP contribution < -0.4 is 5.32 Å². The van der Waals surface area contributed by atoms with Crippen LogP contribution in [-0.4, -0.2) is 58.5 Å². The largest absolute Gasteiger partial charge is 0.376 e. The lowest BCUT2D eigenvalue weighted by Gasteiger charge is -2.25. The van der Waals surface area contributed by atoms with Gasteiger partial charge in [-0.2, -0.15) is 0 Å². The first-order valence-electron chi connectivity index (χ1n) is 8.56. The van der Waals surface area contributed by atoms with Crippen molar-refractivity contribution in [2.24, 2.45) is 0 Å². The van der Waals surface area contributed by atoms with Crippen LogP contribution in [0.25, 0.3) is 0 Å². The second kappa shape index (κ2) is 9.32. The van der Waals surface area contributed by atoms with Crippen molar-refractivity contribution in [1.82, 2.24) is 20.2 Å². The van der Waals surface area contributed by atoms with Gasteiger partial charge in [-0.05, 0) is 26.2 Å². The van der Waals surface area contributed by atoms with Crippen LogP contribution >= 0.6 is 0 Å². The lowest BCUT2D eigenvalue weighted by Crippen LogP contribution is -2.41. The van der Waals surface area contributed by atoms with Crippen LogP contribution in [0.4, 0.5) is 0 Å². The number of rotatable bonds is 8. The number of amides is 2. The number of ether oxygens (including phenoxy) is 1. The van der Waals surface area contributed by atoms with Gasteiger partial charge in [0.05, 0.1) is 12.3 Å². The van der Waals surface area contributed by atoms with Gasteiger partial charge in [0, 0.05) is 44.6 Å². The molecule has 0 radical (unpaired) electrons. The molecular formula is C17H26N4O3. The Balaban J connectivity index is 1.97. The fourth-order valence-corrected chi connectivity index (χ4v) is 2.57. The predicted molar refractivity (Wildman–Crippen MR) is 89.4 cm³/mol. The molecule has 2 amide bonds. The molecule has 1 aliphatic rings. The molecule has 0 aromatic carbocycles. The summed E-state index contributed by atoms with van der Waals surface area (Å²) >= 11 is 0. The maximum atomic E-state index is 12.7. The van der Waals surface area contributed by atoms with Crippen molar-refractivity contribution in [1.29, 1.82) is 0 Å². The fourth-order valence-electron chi connectivity index (χ4n) is 2.57. The van der Waals surface area contributed by atoms with E-state index in [9.17, 15) is 9.59 Å². The Morgan fingerprint density at radius 2 is 2.29 bits per heavy atom. The van der Waals surface area contributed by atoms with Gasteiger partial charge >= 0.3 is 0 Å². The number of aromatic nitrogens is 2. The maximum absolute atomic E-state index is 12.7. The molecule has 1 saturated heterocycles. The second-order valence-electron chi connectivity index (χ2n) is 6.10. The SMILES string of the molecule is CCC(C)NC(=O)CCN(CC1CCCO1)C(=O)c1cnccn1. The van der Waals surface area contributed by atoms with Gasteiger partial charge < -0.3 is 15.0 Å². The first-order valence-corrected chi connectivity index (χ1v) is 8.56. The van der Waals surface area contributed by atoms with E-state index in [0.717, 1.165) is 25.9 Å². The van der Waals surface area contributed by atoms with Gasteiger partial charge in [-0.3, -0.25) is 14.6 Å². The van der Waals surface area contributed by atoms with Crippen molar-refractivity contribution in [2.45, 2.75) is 51.7 Å². The quantitative estimate of drug-likeness (QED) is 0.777. The summed E-state index contributed by atoms with van der Waals surface area (Å²) in [6.07, 6.45) is 7.59. The van der Waals surface area contributed by atoms with E-state index in [1.54, 1.807) is 4.90 Å². The molecule has 2 unspecified atom stereocenters. The van der Waals surface area contributed by atoms with Crippen molar-refractivity contribution in [3.8, 4) is 0 Å².